The van der Waals surface area contributed by atoms with Crippen LogP contribution < -0.4 is 10.0 Å². The largest absolute Gasteiger partial charge is 0.366 e. The number of aromatic nitrogens is 3. The second kappa shape index (κ2) is 9.93. The minimum Gasteiger partial charge on any atom is -0.366 e. The molecular formula is C26H21BrClN5O2S. The molecule has 5 aromatic rings. The maximum absolute atomic E-state index is 12.8. The lowest BCUT2D eigenvalue weighted by molar-refractivity contribution is 0.601. The number of rotatable bonds is 7. The Bertz CT molecular complexity index is 1690. The number of hydrogen-bond donors (Lipinski definition) is 2. The molecule has 0 saturated heterocycles. The third kappa shape index (κ3) is 5.09. The molecule has 0 radical (unpaired) electrons. The van der Waals surface area contributed by atoms with Gasteiger partial charge in [0.05, 0.1) is 21.3 Å². The highest BCUT2D eigenvalue weighted by atomic mass is 79.9. The fraction of sp³-hybridized carbons (Fsp3) is 0.0769. The van der Waals surface area contributed by atoms with E-state index in [2.05, 4.69) is 31.1 Å². The predicted molar refractivity (Wildman–Crippen MR) is 147 cm³/mol. The first-order valence-corrected chi connectivity index (χ1v) is 13.7. The number of benzene rings is 3. The fourth-order valence-corrected chi connectivity index (χ4v) is 5.54. The maximum Gasteiger partial charge on any atom is 0.261 e. The van der Waals surface area contributed by atoms with Gasteiger partial charge in [0.25, 0.3) is 10.0 Å². The first kappa shape index (κ1) is 24.3. The second-order valence-electron chi connectivity index (χ2n) is 8.21. The van der Waals surface area contributed by atoms with E-state index in [9.17, 15) is 8.42 Å². The summed E-state index contributed by atoms with van der Waals surface area (Å²) in [5.74, 6) is 0.714. The van der Waals surface area contributed by atoms with Crippen LogP contribution in [-0.2, 0) is 16.6 Å². The van der Waals surface area contributed by atoms with Gasteiger partial charge in [-0.25, -0.2) is 13.4 Å². The smallest absolute Gasteiger partial charge is 0.261 e. The molecule has 0 spiro atoms. The van der Waals surface area contributed by atoms with Gasteiger partial charge in [-0.3, -0.25) is 4.72 Å². The Kier molecular flexibility index (Phi) is 6.70. The number of nitrogens with zero attached hydrogens (tertiary/aromatic N) is 3. The van der Waals surface area contributed by atoms with Crippen molar-refractivity contribution in [3.8, 4) is 11.3 Å². The molecule has 36 heavy (non-hydrogen) atoms. The molecule has 0 atom stereocenters. The van der Waals surface area contributed by atoms with E-state index in [-0.39, 0.29) is 4.90 Å². The van der Waals surface area contributed by atoms with E-state index in [1.165, 1.54) is 0 Å². The van der Waals surface area contributed by atoms with Crippen molar-refractivity contribution in [3.63, 3.8) is 0 Å². The van der Waals surface area contributed by atoms with Gasteiger partial charge in [-0.15, -0.1) is 0 Å². The predicted octanol–water partition coefficient (Wildman–Crippen LogP) is 6.53. The molecule has 7 nitrogen and oxygen atoms in total. The van der Waals surface area contributed by atoms with Gasteiger partial charge in [0.2, 0.25) is 0 Å². The number of anilines is 2. The summed E-state index contributed by atoms with van der Waals surface area (Å²) in [6.45, 7) is 2.29. The van der Waals surface area contributed by atoms with Crippen molar-refractivity contribution in [1.29, 1.82) is 0 Å². The Morgan fingerprint density at radius 1 is 1.00 bits per heavy atom. The van der Waals surface area contributed by atoms with Crippen LogP contribution >= 0.6 is 27.5 Å². The SMILES string of the molecule is Cc1cccc(S(=O)(=O)Nc2cccc(CNc3cc(-c4ccccc4Cl)nc4c(Br)cnn34)c2)c1. The van der Waals surface area contributed by atoms with Crippen LogP contribution in [-0.4, -0.2) is 23.0 Å². The molecule has 5 rings (SSSR count). The van der Waals surface area contributed by atoms with Gasteiger partial charge >= 0.3 is 0 Å². The monoisotopic (exact) mass is 581 g/mol. The van der Waals surface area contributed by atoms with Gasteiger partial charge in [0, 0.05) is 28.9 Å². The number of nitrogens with one attached hydrogen (secondary N) is 2. The number of halogens is 2. The normalized spacial score (nSPS) is 11.5. The zero-order chi connectivity index (χ0) is 25.3. The Morgan fingerprint density at radius 2 is 1.81 bits per heavy atom. The fourth-order valence-electron chi connectivity index (χ4n) is 3.80. The minimum atomic E-state index is -3.70. The van der Waals surface area contributed by atoms with E-state index in [0.717, 1.165) is 21.2 Å². The molecule has 0 aliphatic heterocycles. The third-order valence-corrected chi connectivity index (χ3v) is 7.80. The molecule has 10 heteroatoms. The van der Waals surface area contributed by atoms with Crippen LogP contribution in [0.2, 0.25) is 5.02 Å². The van der Waals surface area contributed by atoms with Crippen LogP contribution in [0.5, 0.6) is 0 Å². The third-order valence-electron chi connectivity index (χ3n) is 5.53. The standard InChI is InChI=1S/C26H21BrClN5O2S/c1-17-6-4-9-20(12-17)36(34,35)32-19-8-5-7-18(13-19)15-29-25-14-24(21-10-2-3-11-23(21)28)31-26-22(27)16-30-33(25)26/h2-14,16,29,32H,15H2,1H3. The van der Waals surface area contributed by atoms with Crippen LogP contribution in [0.4, 0.5) is 11.5 Å². The van der Waals surface area contributed by atoms with Crippen molar-refractivity contribution in [2.24, 2.45) is 0 Å². The Labute approximate surface area is 222 Å². The number of sulfonamides is 1. The molecule has 182 valence electrons. The van der Waals surface area contributed by atoms with E-state index in [1.807, 2.05) is 55.5 Å². The van der Waals surface area contributed by atoms with Crippen molar-refractivity contribution in [3.05, 3.63) is 106 Å². The lowest BCUT2D eigenvalue weighted by atomic mass is 10.1. The number of fused-ring (bicyclic) bond motifs is 1. The molecule has 2 N–H and O–H groups in total. The molecule has 0 fully saturated rings. The maximum atomic E-state index is 12.8. The molecule has 2 heterocycles. The average molecular weight is 583 g/mol. The molecule has 0 aliphatic carbocycles. The van der Waals surface area contributed by atoms with Crippen molar-refractivity contribution < 1.29 is 8.42 Å². The Morgan fingerprint density at radius 3 is 2.61 bits per heavy atom. The Balaban J connectivity index is 1.41. The van der Waals surface area contributed by atoms with Crippen molar-refractivity contribution in [2.75, 3.05) is 10.0 Å². The molecule has 3 aromatic carbocycles. The first-order valence-electron chi connectivity index (χ1n) is 11.0. The summed E-state index contributed by atoms with van der Waals surface area (Å²) in [5, 5.41) is 8.41. The van der Waals surface area contributed by atoms with Crippen molar-refractivity contribution in [1.82, 2.24) is 14.6 Å². The number of hydrogen-bond acceptors (Lipinski definition) is 5. The van der Waals surface area contributed by atoms with Gasteiger partial charge < -0.3 is 5.32 Å². The zero-order valence-corrected chi connectivity index (χ0v) is 22.3. The summed E-state index contributed by atoms with van der Waals surface area (Å²) >= 11 is 9.93. The summed E-state index contributed by atoms with van der Waals surface area (Å²) in [4.78, 5) is 4.95. The van der Waals surface area contributed by atoms with E-state index in [1.54, 1.807) is 41.0 Å². The van der Waals surface area contributed by atoms with Crippen LogP contribution in [0.25, 0.3) is 16.9 Å². The summed E-state index contributed by atoms with van der Waals surface area (Å²) in [5.41, 5.74) is 4.40. The molecule has 2 aromatic heterocycles. The van der Waals surface area contributed by atoms with Crippen LogP contribution in [0.3, 0.4) is 0 Å². The van der Waals surface area contributed by atoms with E-state index < -0.39 is 10.0 Å². The van der Waals surface area contributed by atoms with Crippen LogP contribution in [0.15, 0.2) is 94.4 Å². The zero-order valence-electron chi connectivity index (χ0n) is 19.1. The molecule has 0 amide bonds. The summed E-state index contributed by atoms with van der Waals surface area (Å²) in [7, 11) is -3.70. The van der Waals surface area contributed by atoms with Crippen molar-refractivity contribution in [2.45, 2.75) is 18.4 Å². The molecule has 0 bridgehead atoms. The molecular weight excluding hydrogens is 562 g/mol. The van der Waals surface area contributed by atoms with Gasteiger partial charge in [-0.1, -0.05) is 54.1 Å². The van der Waals surface area contributed by atoms with Gasteiger partial charge in [-0.2, -0.15) is 9.61 Å². The lowest BCUT2D eigenvalue weighted by Gasteiger charge is -2.13. The van der Waals surface area contributed by atoms with E-state index >= 15 is 0 Å². The lowest BCUT2D eigenvalue weighted by Crippen LogP contribution is -2.13. The second-order valence-corrected chi connectivity index (χ2v) is 11.2. The van der Waals surface area contributed by atoms with Crippen LogP contribution in [0, 0.1) is 6.92 Å². The highest BCUT2D eigenvalue weighted by molar-refractivity contribution is 9.10. The quantitative estimate of drug-likeness (QED) is 0.228. The van der Waals surface area contributed by atoms with Gasteiger partial charge in [0.15, 0.2) is 5.65 Å². The summed E-state index contributed by atoms with van der Waals surface area (Å²) < 4.78 is 30.8. The summed E-state index contributed by atoms with van der Waals surface area (Å²) in [6.07, 6.45) is 1.69. The van der Waals surface area contributed by atoms with Crippen molar-refractivity contribution >= 4 is 54.7 Å². The Hall–Kier alpha value is -3.40. The first-order chi connectivity index (χ1) is 17.3. The van der Waals surface area contributed by atoms with Crippen LogP contribution in [0.1, 0.15) is 11.1 Å². The average Bonchev–Trinajstić information content (AvgIpc) is 3.23. The molecule has 0 unspecified atom stereocenters. The summed E-state index contributed by atoms with van der Waals surface area (Å²) in [6, 6.07) is 23.5. The highest BCUT2D eigenvalue weighted by Crippen LogP contribution is 2.30. The molecule has 0 saturated carbocycles. The topological polar surface area (TPSA) is 88.4 Å². The van der Waals surface area contributed by atoms with E-state index in [0.29, 0.717) is 34.4 Å². The van der Waals surface area contributed by atoms with Gasteiger partial charge in [0.1, 0.15) is 5.82 Å². The van der Waals surface area contributed by atoms with Gasteiger partial charge in [-0.05, 0) is 64.3 Å². The van der Waals surface area contributed by atoms with E-state index in [4.69, 9.17) is 16.6 Å². The molecule has 0 aliphatic rings. The number of aryl methyl sites for hydroxylation is 1. The highest BCUT2D eigenvalue weighted by Gasteiger charge is 2.15. The minimum absolute atomic E-state index is 0.224.